The van der Waals surface area contributed by atoms with Crippen molar-refractivity contribution in [1.82, 2.24) is 19.6 Å². The molecule has 0 bridgehead atoms. The molecule has 2 N–H and O–H groups in total. The summed E-state index contributed by atoms with van der Waals surface area (Å²) in [5.74, 6) is -1.11. The van der Waals surface area contributed by atoms with E-state index in [1.165, 1.54) is 53.4 Å². The van der Waals surface area contributed by atoms with Crippen LogP contribution in [-0.4, -0.2) is 130 Å². The first kappa shape index (κ1) is 20.3. The molecule has 2 aromatic rings. The highest BCUT2D eigenvalue weighted by atomic mass is 16.6. The lowest BCUT2D eigenvalue weighted by Gasteiger charge is -2.32. The van der Waals surface area contributed by atoms with E-state index in [0.717, 1.165) is 22.9 Å². The second-order valence-corrected chi connectivity index (χ2v) is 9.67. The topological polar surface area (TPSA) is 123 Å². The van der Waals surface area contributed by atoms with Crippen LogP contribution in [0.2, 0.25) is 0 Å². The van der Waals surface area contributed by atoms with Crippen LogP contribution in [0.3, 0.4) is 0 Å². The first-order valence-electron chi connectivity index (χ1n) is 17.3. The van der Waals surface area contributed by atoms with Gasteiger partial charge in [0.15, 0.2) is 0 Å². The summed E-state index contributed by atoms with van der Waals surface area (Å²) in [6.07, 6.45) is 0. The van der Waals surface area contributed by atoms with Gasteiger partial charge in [0.1, 0.15) is 0 Å². The van der Waals surface area contributed by atoms with Crippen LogP contribution in [0.4, 0.5) is 22.7 Å². The van der Waals surface area contributed by atoms with E-state index in [1.54, 1.807) is 4.90 Å². The molecule has 40 heavy (non-hydrogen) atoms. The van der Waals surface area contributed by atoms with Crippen molar-refractivity contribution in [3.05, 3.63) is 58.6 Å². The Bertz CT molecular complexity index is 1410. The third-order valence-electron chi connectivity index (χ3n) is 6.65. The SMILES string of the molecule is [2H]C([2H])([2H])N(C(=O)CN1CCN(C)CC1)c1ccc([N+](=O)[O-])cc1.[2H]C([2H])([2H])N1CCN(CC(=O)N(c2ccc(N)cc2)C([2H])([2H])[2H])CC1. The molecule has 4 rings (SSSR count). The average Bonchev–Trinajstić information content (AvgIpc) is 2.98. The fourth-order valence-electron chi connectivity index (χ4n) is 4.07. The van der Waals surface area contributed by atoms with Gasteiger partial charge in [-0.05, 0) is 50.4 Å². The number of nitrogens with zero attached hydrogens (tertiary/aromatic N) is 7. The second kappa shape index (κ2) is 14.7. The summed E-state index contributed by atoms with van der Waals surface area (Å²) in [7, 11) is 1.99. The van der Waals surface area contributed by atoms with Gasteiger partial charge in [-0.15, -0.1) is 0 Å². The number of carbonyl (C=O) groups excluding carboxylic acids is 2. The number of likely N-dealkylation sites (N-methyl/N-ethyl adjacent to an activating group) is 4. The summed E-state index contributed by atoms with van der Waals surface area (Å²) in [4.78, 5) is 44.0. The van der Waals surface area contributed by atoms with Gasteiger partial charge < -0.3 is 25.3 Å². The number of nitro groups is 1. The van der Waals surface area contributed by atoms with Crippen LogP contribution in [0.25, 0.3) is 0 Å². The van der Waals surface area contributed by atoms with E-state index < -0.39 is 37.7 Å². The molecule has 0 unspecified atom stereocenters. The van der Waals surface area contributed by atoms with E-state index in [0.29, 0.717) is 45.0 Å². The number of nitrogen functional groups attached to an aromatic ring is 1. The summed E-state index contributed by atoms with van der Waals surface area (Å²) in [5, 5.41) is 10.7. The Balaban J connectivity index is 0.000000266. The molecule has 0 saturated carbocycles. The number of anilines is 3. The molecular formula is C28H42N8O4. The summed E-state index contributed by atoms with van der Waals surface area (Å²) in [6, 6.07) is 11.0. The van der Waals surface area contributed by atoms with E-state index in [4.69, 9.17) is 18.1 Å². The molecule has 0 radical (unpaired) electrons. The molecule has 12 heteroatoms. The lowest BCUT2D eigenvalue weighted by atomic mass is 10.2. The first-order chi connectivity index (χ1) is 22.7. The van der Waals surface area contributed by atoms with Crippen LogP contribution in [0, 0.1) is 10.1 Å². The number of carbonyl (C=O) groups is 2. The highest BCUT2D eigenvalue weighted by Crippen LogP contribution is 2.19. The monoisotopic (exact) mass is 563 g/mol. The quantitative estimate of drug-likeness (QED) is 0.302. The standard InChI is InChI=1S/C14H20N4O3.C14H22N4O/c1-15-7-9-17(10-8-15)11-14(19)16(2)12-3-5-13(6-4-12)18(20)21;1-16-7-9-18(10-8-16)11-14(19)17(2)13-5-3-12(15)4-6-13/h3-6H,7-11H2,1-2H3;3-6H,7-11,15H2,1-2H3/i2D3;1D3,2D3. The van der Waals surface area contributed by atoms with Gasteiger partial charge in [0.05, 0.1) is 18.0 Å². The Morgan fingerprint density at radius 2 is 1.23 bits per heavy atom. The molecule has 2 heterocycles. The predicted octanol–water partition coefficient (Wildman–Crippen LogP) is 1.28. The number of amides is 2. The third-order valence-corrected chi connectivity index (χ3v) is 6.65. The van der Waals surface area contributed by atoms with Gasteiger partial charge in [0, 0.05) is 108 Å². The van der Waals surface area contributed by atoms with E-state index in [2.05, 4.69) is 4.90 Å². The molecule has 0 spiro atoms. The second-order valence-electron chi connectivity index (χ2n) is 9.67. The van der Waals surface area contributed by atoms with Gasteiger partial charge in [-0.3, -0.25) is 29.5 Å². The maximum absolute atomic E-state index is 12.6. The zero-order chi connectivity index (χ0) is 36.7. The molecule has 0 aliphatic carbocycles. The number of hydrogen-bond acceptors (Lipinski definition) is 9. The van der Waals surface area contributed by atoms with Gasteiger partial charge in [0.2, 0.25) is 11.8 Å². The van der Waals surface area contributed by atoms with Gasteiger partial charge in [-0.1, -0.05) is 0 Å². The normalized spacial score (nSPS) is 21.3. The molecule has 2 fully saturated rings. The van der Waals surface area contributed by atoms with Crippen LogP contribution in [0.15, 0.2) is 48.5 Å². The fourth-order valence-corrected chi connectivity index (χ4v) is 4.07. The summed E-state index contributed by atoms with van der Waals surface area (Å²) in [5.41, 5.74) is 6.30. The van der Waals surface area contributed by atoms with Crippen molar-refractivity contribution in [1.29, 1.82) is 0 Å². The average molecular weight is 564 g/mol. The van der Waals surface area contributed by atoms with Gasteiger partial charge in [-0.2, -0.15) is 0 Å². The van der Waals surface area contributed by atoms with E-state index in [-0.39, 0.29) is 30.2 Å². The minimum atomic E-state index is -2.65. The minimum absolute atomic E-state index is 0.00319. The van der Waals surface area contributed by atoms with Crippen LogP contribution >= 0.6 is 0 Å². The third kappa shape index (κ3) is 9.26. The highest BCUT2D eigenvalue weighted by Gasteiger charge is 2.20. The van der Waals surface area contributed by atoms with Gasteiger partial charge >= 0.3 is 0 Å². The van der Waals surface area contributed by atoms with Crippen molar-refractivity contribution in [3.8, 4) is 0 Å². The number of non-ortho nitro benzene ring substituents is 1. The molecule has 2 saturated heterocycles. The van der Waals surface area contributed by atoms with Gasteiger partial charge in [-0.25, -0.2) is 0 Å². The Hall–Kier alpha value is -3.58. The maximum atomic E-state index is 12.6. The zero-order valence-corrected chi connectivity index (χ0v) is 22.5. The van der Waals surface area contributed by atoms with Crippen LogP contribution in [0.1, 0.15) is 12.3 Å². The van der Waals surface area contributed by atoms with Crippen molar-refractivity contribution in [2.24, 2.45) is 0 Å². The molecule has 218 valence electrons. The lowest BCUT2D eigenvalue weighted by molar-refractivity contribution is -0.384. The number of benzene rings is 2. The highest BCUT2D eigenvalue weighted by molar-refractivity contribution is 5.95. The number of rotatable bonds is 7. The lowest BCUT2D eigenvalue weighted by Crippen LogP contribution is -2.48. The predicted molar refractivity (Wildman–Crippen MR) is 159 cm³/mol. The minimum Gasteiger partial charge on any atom is -0.399 e. The first-order valence-corrected chi connectivity index (χ1v) is 12.8. The summed E-state index contributed by atoms with van der Waals surface area (Å²) >= 11 is 0. The Morgan fingerprint density at radius 1 is 0.800 bits per heavy atom. The smallest absolute Gasteiger partial charge is 0.269 e. The molecule has 2 aliphatic heterocycles. The van der Waals surface area contributed by atoms with Crippen molar-refractivity contribution in [3.63, 3.8) is 0 Å². The number of piperazine rings is 2. The molecule has 0 aromatic heterocycles. The van der Waals surface area contributed by atoms with Crippen molar-refractivity contribution < 1.29 is 26.8 Å². The number of nitrogens with two attached hydrogens (primary N) is 1. The Kier molecular flexibility index (Phi) is 7.47. The molecule has 12 nitrogen and oxygen atoms in total. The number of nitro benzene ring substituents is 1. The van der Waals surface area contributed by atoms with Crippen molar-refractivity contribution in [2.45, 2.75) is 0 Å². The largest absolute Gasteiger partial charge is 0.399 e. The Morgan fingerprint density at radius 3 is 1.62 bits per heavy atom. The summed E-state index contributed by atoms with van der Waals surface area (Å²) in [6.45, 7) is -3.09. The van der Waals surface area contributed by atoms with Crippen molar-refractivity contribution in [2.75, 3.05) is 109 Å². The molecule has 2 aromatic carbocycles. The van der Waals surface area contributed by atoms with Gasteiger partial charge in [0.25, 0.3) is 5.69 Å². The van der Waals surface area contributed by atoms with E-state index in [1.807, 2.05) is 11.9 Å². The van der Waals surface area contributed by atoms with E-state index >= 15 is 0 Å². The van der Waals surface area contributed by atoms with Crippen LogP contribution < -0.4 is 15.5 Å². The number of hydrogen-bond donors (Lipinski definition) is 1. The van der Waals surface area contributed by atoms with Crippen LogP contribution in [0.5, 0.6) is 0 Å². The summed E-state index contributed by atoms with van der Waals surface area (Å²) < 4.78 is 68.0. The Labute approximate surface area is 249 Å². The van der Waals surface area contributed by atoms with Crippen LogP contribution in [-0.2, 0) is 9.59 Å². The molecular weight excluding hydrogens is 512 g/mol. The fraction of sp³-hybridized carbons (Fsp3) is 0.500. The zero-order valence-electron chi connectivity index (χ0n) is 31.5. The van der Waals surface area contributed by atoms with Crippen molar-refractivity contribution >= 4 is 34.6 Å². The van der Waals surface area contributed by atoms with E-state index in [9.17, 15) is 19.7 Å². The molecule has 0 atom stereocenters. The molecule has 2 amide bonds. The molecule has 2 aliphatic rings. The maximum Gasteiger partial charge on any atom is 0.269 e.